The molecular weight excluding hydrogens is 141 g/mol. The highest BCUT2D eigenvalue weighted by Gasteiger charge is 2.49. The van der Waals surface area contributed by atoms with Crippen LogP contribution in [0.15, 0.2) is 0 Å². The van der Waals surface area contributed by atoms with E-state index in [0.29, 0.717) is 6.42 Å². The summed E-state index contributed by atoms with van der Waals surface area (Å²) in [5.74, 6) is 0. The maximum atomic E-state index is 12.2. The Labute approximate surface area is 58.4 Å². The fraction of sp³-hybridized carbons (Fsp3) is 1.00. The van der Waals surface area contributed by atoms with Crippen LogP contribution in [0, 0.1) is 5.41 Å². The maximum Gasteiger partial charge on any atom is 0.244 e. The molecule has 0 amide bonds. The van der Waals surface area contributed by atoms with Crippen LogP contribution in [0.1, 0.15) is 26.2 Å². The Morgan fingerprint density at radius 1 is 1.50 bits per heavy atom. The molecule has 0 radical (unpaired) electrons. The van der Waals surface area contributed by atoms with Crippen LogP contribution in [0.5, 0.6) is 0 Å². The van der Waals surface area contributed by atoms with Crippen molar-refractivity contribution in [2.45, 2.75) is 38.8 Å². The van der Waals surface area contributed by atoms with Crippen LogP contribution >= 0.6 is 0 Å². The van der Waals surface area contributed by atoms with Gasteiger partial charge in [-0.15, -0.1) is 0 Å². The van der Waals surface area contributed by atoms with Gasteiger partial charge in [0.2, 0.25) is 6.43 Å². The molecule has 0 atom stereocenters. The van der Waals surface area contributed by atoms with Crippen LogP contribution in [-0.4, -0.2) is 12.6 Å². The number of rotatable bonds is 2. The normalized spacial score (nSPS) is 39.9. The lowest BCUT2D eigenvalue weighted by Crippen LogP contribution is -2.43. The summed E-state index contributed by atoms with van der Waals surface area (Å²) in [7, 11) is 0. The Morgan fingerprint density at radius 2 is 2.00 bits per heavy atom. The highest BCUT2D eigenvalue weighted by atomic mass is 19.3. The van der Waals surface area contributed by atoms with Crippen molar-refractivity contribution in [1.82, 2.24) is 0 Å². The van der Waals surface area contributed by atoms with Gasteiger partial charge in [-0.25, -0.2) is 13.2 Å². The number of alkyl halides is 3. The molecule has 0 aromatic rings. The van der Waals surface area contributed by atoms with Crippen molar-refractivity contribution in [2.75, 3.05) is 0 Å². The number of hydrogen-bond acceptors (Lipinski definition) is 0. The quantitative estimate of drug-likeness (QED) is 0.570. The number of hydrogen-bond donors (Lipinski definition) is 0. The molecule has 1 rings (SSSR count). The molecule has 0 nitrogen and oxygen atoms in total. The molecule has 1 aliphatic carbocycles. The van der Waals surface area contributed by atoms with Crippen LogP contribution in [0.2, 0.25) is 0 Å². The van der Waals surface area contributed by atoms with Gasteiger partial charge in [0.15, 0.2) is 0 Å². The second-order valence-corrected chi connectivity index (χ2v) is 3.02. The van der Waals surface area contributed by atoms with Crippen molar-refractivity contribution >= 4 is 0 Å². The molecule has 10 heavy (non-hydrogen) atoms. The third-order valence-electron chi connectivity index (χ3n) is 2.42. The standard InChI is InChI=1S/C7H11F3/c1-2-7(6(9)10)3-5(8)4-7/h5-6H,2-4H2,1H3. The Kier molecular flexibility index (Phi) is 1.92. The molecule has 60 valence electrons. The van der Waals surface area contributed by atoms with E-state index in [0.717, 1.165) is 0 Å². The van der Waals surface area contributed by atoms with Gasteiger partial charge in [0.25, 0.3) is 0 Å². The molecule has 1 aliphatic rings. The summed E-state index contributed by atoms with van der Waals surface area (Å²) in [5.41, 5.74) is -0.973. The van der Waals surface area contributed by atoms with E-state index in [2.05, 4.69) is 0 Å². The monoisotopic (exact) mass is 152 g/mol. The zero-order valence-corrected chi connectivity index (χ0v) is 5.91. The van der Waals surface area contributed by atoms with Crippen molar-refractivity contribution in [3.05, 3.63) is 0 Å². The van der Waals surface area contributed by atoms with Crippen LogP contribution in [0.25, 0.3) is 0 Å². The number of halogens is 3. The third kappa shape index (κ3) is 1.02. The summed E-state index contributed by atoms with van der Waals surface area (Å²) in [5, 5.41) is 0. The predicted octanol–water partition coefficient (Wildman–Crippen LogP) is 2.78. The van der Waals surface area contributed by atoms with Gasteiger partial charge in [-0.2, -0.15) is 0 Å². The first-order valence-corrected chi connectivity index (χ1v) is 3.53. The van der Waals surface area contributed by atoms with Gasteiger partial charge >= 0.3 is 0 Å². The average Bonchev–Trinajstić information content (AvgIpc) is 1.79. The molecule has 3 heteroatoms. The molecule has 0 unspecified atom stereocenters. The predicted molar refractivity (Wildman–Crippen MR) is 32.9 cm³/mol. The van der Waals surface area contributed by atoms with E-state index >= 15 is 0 Å². The minimum Gasteiger partial charge on any atom is -0.247 e. The van der Waals surface area contributed by atoms with Crippen molar-refractivity contribution < 1.29 is 13.2 Å². The first-order valence-electron chi connectivity index (χ1n) is 3.53. The lowest BCUT2D eigenvalue weighted by Gasteiger charge is -2.42. The highest BCUT2D eigenvalue weighted by Crippen LogP contribution is 2.49. The largest absolute Gasteiger partial charge is 0.247 e. The SMILES string of the molecule is CCC1(C(F)F)CC(F)C1. The van der Waals surface area contributed by atoms with Gasteiger partial charge in [-0.3, -0.25) is 0 Å². The zero-order valence-electron chi connectivity index (χ0n) is 5.91. The van der Waals surface area contributed by atoms with Crippen LogP contribution < -0.4 is 0 Å². The van der Waals surface area contributed by atoms with Crippen molar-refractivity contribution in [3.8, 4) is 0 Å². The fourth-order valence-electron chi connectivity index (χ4n) is 1.44. The summed E-state index contributed by atoms with van der Waals surface area (Å²) in [6, 6.07) is 0. The lowest BCUT2D eigenvalue weighted by molar-refractivity contribution is -0.102. The van der Waals surface area contributed by atoms with Gasteiger partial charge in [0, 0.05) is 5.41 Å². The molecule has 0 N–H and O–H groups in total. The molecule has 0 aromatic heterocycles. The van der Waals surface area contributed by atoms with Gasteiger partial charge in [0.05, 0.1) is 0 Å². The van der Waals surface area contributed by atoms with Crippen LogP contribution in [-0.2, 0) is 0 Å². The Hall–Kier alpha value is -0.210. The topological polar surface area (TPSA) is 0 Å². The molecule has 0 spiro atoms. The smallest absolute Gasteiger partial charge is 0.244 e. The highest BCUT2D eigenvalue weighted by molar-refractivity contribution is 4.94. The van der Waals surface area contributed by atoms with Crippen molar-refractivity contribution in [1.29, 1.82) is 0 Å². The molecule has 0 aliphatic heterocycles. The molecule has 0 aromatic carbocycles. The molecule has 0 saturated heterocycles. The van der Waals surface area contributed by atoms with Crippen molar-refractivity contribution in [2.24, 2.45) is 5.41 Å². The Bertz CT molecular complexity index is 116. The van der Waals surface area contributed by atoms with Crippen LogP contribution in [0.3, 0.4) is 0 Å². The van der Waals surface area contributed by atoms with E-state index < -0.39 is 18.0 Å². The van der Waals surface area contributed by atoms with Gasteiger partial charge in [0.1, 0.15) is 6.17 Å². The minimum atomic E-state index is -2.34. The maximum absolute atomic E-state index is 12.2. The first-order chi connectivity index (χ1) is 4.60. The summed E-state index contributed by atoms with van der Waals surface area (Å²) >= 11 is 0. The van der Waals surface area contributed by atoms with Gasteiger partial charge in [-0.1, -0.05) is 6.92 Å². The Morgan fingerprint density at radius 3 is 2.10 bits per heavy atom. The average molecular weight is 152 g/mol. The van der Waals surface area contributed by atoms with E-state index in [-0.39, 0.29) is 12.8 Å². The minimum absolute atomic E-state index is 0.0567. The molecule has 1 saturated carbocycles. The molecule has 0 heterocycles. The summed E-state index contributed by atoms with van der Waals surface area (Å²) < 4.78 is 36.5. The zero-order chi connectivity index (χ0) is 7.78. The first kappa shape index (κ1) is 7.89. The third-order valence-corrected chi connectivity index (χ3v) is 2.42. The summed E-state index contributed by atoms with van der Waals surface area (Å²) in [6.45, 7) is 1.69. The molecule has 1 fully saturated rings. The lowest BCUT2D eigenvalue weighted by atomic mass is 9.66. The Balaban J connectivity index is 2.48. The van der Waals surface area contributed by atoms with Gasteiger partial charge in [-0.05, 0) is 19.3 Å². The van der Waals surface area contributed by atoms with E-state index in [9.17, 15) is 13.2 Å². The fourth-order valence-corrected chi connectivity index (χ4v) is 1.44. The van der Waals surface area contributed by atoms with E-state index in [1.165, 1.54) is 0 Å². The van der Waals surface area contributed by atoms with Crippen LogP contribution in [0.4, 0.5) is 13.2 Å². The molecule has 0 bridgehead atoms. The molecular formula is C7H11F3. The second kappa shape index (κ2) is 2.44. The summed E-state index contributed by atoms with van der Waals surface area (Å²) in [4.78, 5) is 0. The van der Waals surface area contributed by atoms with E-state index in [1.807, 2.05) is 0 Å². The van der Waals surface area contributed by atoms with E-state index in [4.69, 9.17) is 0 Å². The van der Waals surface area contributed by atoms with E-state index in [1.54, 1.807) is 6.92 Å². The van der Waals surface area contributed by atoms with Crippen molar-refractivity contribution in [3.63, 3.8) is 0 Å². The second-order valence-electron chi connectivity index (χ2n) is 3.02. The summed E-state index contributed by atoms with van der Waals surface area (Å²) in [6.07, 6.45) is -2.81. The van der Waals surface area contributed by atoms with Gasteiger partial charge < -0.3 is 0 Å².